The number of amides is 1. The SMILES string of the molecule is CC(SC(CCc1ccc(Cl)cc1)Cn1ccnc1)c1ccc(NC=O)cc1. The van der Waals surface area contributed by atoms with E-state index < -0.39 is 0 Å². The number of hydrogen-bond donors (Lipinski definition) is 1. The maximum Gasteiger partial charge on any atom is 0.211 e. The molecule has 2 aromatic carbocycles. The number of carbonyl (C=O) groups is 1. The van der Waals surface area contributed by atoms with E-state index in [9.17, 15) is 4.79 Å². The lowest BCUT2D eigenvalue weighted by atomic mass is 10.1. The first-order valence-electron chi connectivity index (χ1n) is 9.30. The molecule has 0 saturated carbocycles. The Morgan fingerprint density at radius 2 is 1.93 bits per heavy atom. The average Bonchev–Trinajstić information content (AvgIpc) is 3.21. The minimum Gasteiger partial charge on any atom is -0.336 e. The van der Waals surface area contributed by atoms with E-state index in [0.717, 1.165) is 30.1 Å². The molecule has 3 rings (SSSR count). The average molecular weight is 414 g/mol. The van der Waals surface area contributed by atoms with E-state index in [4.69, 9.17) is 11.6 Å². The topological polar surface area (TPSA) is 46.9 Å². The minimum absolute atomic E-state index is 0.351. The van der Waals surface area contributed by atoms with Crippen molar-refractivity contribution in [3.8, 4) is 0 Å². The van der Waals surface area contributed by atoms with Crippen LogP contribution in [-0.4, -0.2) is 21.2 Å². The molecule has 0 spiro atoms. The number of benzene rings is 2. The monoisotopic (exact) mass is 413 g/mol. The van der Waals surface area contributed by atoms with E-state index >= 15 is 0 Å². The van der Waals surface area contributed by atoms with Crippen molar-refractivity contribution >= 4 is 35.5 Å². The number of thioether (sulfide) groups is 1. The van der Waals surface area contributed by atoms with Gasteiger partial charge in [0.15, 0.2) is 0 Å². The molecule has 1 amide bonds. The lowest BCUT2D eigenvalue weighted by Crippen LogP contribution is -2.14. The third-order valence-electron chi connectivity index (χ3n) is 4.64. The number of imidazole rings is 1. The van der Waals surface area contributed by atoms with Crippen LogP contribution in [-0.2, 0) is 17.8 Å². The van der Waals surface area contributed by atoms with Gasteiger partial charge in [0.1, 0.15) is 0 Å². The van der Waals surface area contributed by atoms with Crippen molar-refractivity contribution in [1.29, 1.82) is 0 Å². The summed E-state index contributed by atoms with van der Waals surface area (Å²) in [6.45, 7) is 3.16. The fourth-order valence-electron chi connectivity index (χ4n) is 3.10. The minimum atomic E-state index is 0.351. The lowest BCUT2D eigenvalue weighted by Gasteiger charge is -2.22. The second kappa shape index (κ2) is 10.3. The van der Waals surface area contributed by atoms with Gasteiger partial charge in [-0.3, -0.25) is 4.79 Å². The highest BCUT2D eigenvalue weighted by Crippen LogP contribution is 2.35. The van der Waals surface area contributed by atoms with Crippen molar-refractivity contribution in [3.05, 3.63) is 83.4 Å². The normalized spacial score (nSPS) is 13.1. The summed E-state index contributed by atoms with van der Waals surface area (Å²) in [5, 5.41) is 4.25. The van der Waals surface area contributed by atoms with E-state index in [1.54, 1.807) is 0 Å². The Labute approximate surface area is 175 Å². The van der Waals surface area contributed by atoms with Gasteiger partial charge in [-0.2, -0.15) is 0 Å². The Hall–Kier alpha value is -2.24. The highest BCUT2D eigenvalue weighted by molar-refractivity contribution is 8.00. The number of aromatic nitrogens is 2. The van der Waals surface area contributed by atoms with Gasteiger partial charge in [0, 0.05) is 40.1 Å². The molecule has 2 atom stereocenters. The van der Waals surface area contributed by atoms with Crippen LogP contribution < -0.4 is 5.32 Å². The predicted molar refractivity (Wildman–Crippen MR) is 118 cm³/mol. The highest BCUT2D eigenvalue weighted by Gasteiger charge is 2.16. The molecule has 1 heterocycles. The molecule has 0 aliphatic rings. The van der Waals surface area contributed by atoms with Gasteiger partial charge < -0.3 is 9.88 Å². The van der Waals surface area contributed by atoms with Gasteiger partial charge in [0.2, 0.25) is 6.41 Å². The third kappa shape index (κ3) is 6.14. The molecule has 6 heteroatoms. The zero-order chi connectivity index (χ0) is 19.8. The Morgan fingerprint density at radius 1 is 1.18 bits per heavy atom. The van der Waals surface area contributed by atoms with Crippen LogP contribution in [0.2, 0.25) is 5.02 Å². The summed E-state index contributed by atoms with van der Waals surface area (Å²) in [4.78, 5) is 14.7. The molecular formula is C22H24ClN3OS. The fraction of sp³-hybridized carbons (Fsp3) is 0.273. The number of carbonyl (C=O) groups excluding carboxylic acids is 1. The van der Waals surface area contributed by atoms with Gasteiger partial charge >= 0.3 is 0 Å². The zero-order valence-electron chi connectivity index (χ0n) is 15.8. The van der Waals surface area contributed by atoms with Gasteiger partial charge in [-0.15, -0.1) is 11.8 Å². The zero-order valence-corrected chi connectivity index (χ0v) is 17.4. The first-order chi connectivity index (χ1) is 13.6. The smallest absolute Gasteiger partial charge is 0.211 e. The van der Waals surface area contributed by atoms with Crippen LogP contribution in [0.4, 0.5) is 5.69 Å². The van der Waals surface area contributed by atoms with Crippen molar-refractivity contribution < 1.29 is 4.79 Å². The van der Waals surface area contributed by atoms with Gasteiger partial charge in [-0.25, -0.2) is 4.98 Å². The van der Waals surface area contributed by atoms with Crippen molar-refractivity contribution in [2.75, 3.05) is 5.32 Å². The predicted octanol–water partition coefficient (Wildman–Crippen LogP) is 5.60. The van der Waals surface area contributed by atoms with Crippen LogP contribution in [0.15, 0.2) is 67.3 Å². The molecule has 1 N–H and O–H groups in total. The summed E-state index contributed by atoms with van der Waals surface area (Å²) in [5.74, 6) is 0. The number of hydrogen-bond acceptors (Lipinski definition) is 3. The Balaban J connectivity index is 1.65. The van der Waals surface area contributed by atoms with E-state index in [2.05, 4.69) is 46.1 Å². The molecule has 0 fully saturated rings. The van der Waals surface area contributed by atoms with Crippen LogP contribution in [0.3, 0.4) is 0 Å². The Kier molecular flexibility index (Phi) is 7.57. The molecule has 0 radical (unpaired) electrons. The third-order valence-corrected chi connectivity index (χ3v) is 6.35. The molecule has 4 nitrogen and oxygen atoms in total. The second-order valence-electron chi connectivity index (χ2n) is 6.71. The molecule has 0 aliphatic carbocycles. The molecule has 0 bridgehead atoms. The van der Waals surface area contributed by atoms with Crippen LogP contribution >= 0.6 is 23.4 Å². The lowest BCUT2D eigenvalue weighted by molar-refractivity contribution is -0.105. The van der Waals surface area contributed by atoms with Crippen molar-refractivity contribution in [2.45, 2.75) is 36.8 Å². The molecule has 3 aromatic rings. The number of aryl methyl sites for hydroxylation is 1. The highest BCUT2D eigenvalue weighted by atomic mass is 35.5. The largest absolute Gasteiger partial charge is 0.336 e. The summed E-state index contributed by atoms with van der Waals surface area (Å²) in [7, 11) is 0. The van der Waals surface area contributed by atoms with E-state index in [1.807, 2.05) is 54.7 Å². The number of nitrogens with zero attached hydrogens (tertiary/aromatic N) is 2. The molecule has 146 valence electrons. The van der Waals surface area contributed by atoms with Gasteiger partial charge in [0.05, 0.1) is 6.33 Å². The summed E-state index contributed by atoms with van der Waals surface area (Å²) in [6, 6.07) is 16.2. The molecule has 0 saturated heterocycles. The van der Waals surface area contributed by atoms with Gasteiger partial charge in [0.25, 0.3) is 0 Å². The molecule has 2 unspecified atom stereocenters. The van der Waals surface area contributed by atoms with Gasteiger partial charge in [-0.1, -0.05) is 35.9 Å². The summed E-state index contributed by atoms with van der Waals surface area (Å²) < 4.78 is 2.14. The number of halogens is 1. The Bertz CT molecular complexity index is 851. The maximum atomic E-state index is 10.6. The van der Waals surface area contributed by atoms with Crippen LogP contribution in [0.5, 0.6) is 0 Å². The second-order valence-corrected chi connectivity index (χ2v) is 8.79. The van der Waals surface area contributed by atoms with E-state index in [-0.39, 0.29) is 0 Å². The summed E-state index contributed by atoms with van der Waals surface area (Å²) >= 11 is 7.97. The van der Waals surface area contributed by atoms with E-state index in [1.165, 1.54) is 11.1 Å². The molecule has 28 heavy (non-hydrogen) atoms. The first kappa shape index (κ1) is 20.5. The van der Waals surface area contributed by atoms with Crippen LogP contribution in [0.1, 0.15) is 29.7 Å². The van der Waals surface area contributed by atoms with Crippen LogP contribution in [0, 0.1) is 0 Å². The van der Waals surface area contributed by atoms with Crippen molar-refractivity contribution in [3.63, 3.8) is 0 Å². The summed E-state index contributed by atoms with van der Waals surface area (Å²) in [5.41, 5.74) is 3.37. The molecule has 0 aliphatic heterocycles. The standard InChI is InChI=1S/C22H24ClN3OS/c1-17(19-5-9-21(10-6-19)25-16-27)28-22(14-26-13-12-24-15-26)11-4-18-2-7-20(23)8-3-18/h2-3,5-10,12-13,15-17,22H,4,11,14H2,1H3,(H,25,27). The maximum absolute atomic E-state index is 10.6. The molecule has 1 aromatic heterocycles. The van der Waals surface area contributed by atoms with Gasteiger partial charge in [-0.05, 0) is 55.2 Å². The Morgan fingerprint density at radius 3 is 2.57 bits per heavy atom. The number of rotatable bonds is 10. The van der Waals surface area contributed by atoms with Crippen LogP contribution in [0.25, 0.3) is 0 Å². The quantitative estimate of drug-likeness (QED) is 0.440. The van der Waals surface area contributed by atoms with E-state index in [0.29, 0.717) is 16.9 Å². The number of anilines is 1. The first-order valence-corrected chi connectivity index (χ1v) is 10.6. The van der Waals surface area contributed by atoms with Crippen molar-refractivity contribution in [1.82, 2.24) is 9.55 Å². The fourth-order valence-corrected chi connectivity index (χ4v) is 4.63. The molecular weight excluding hydrogens is 390 g/mol. The summed E-state index contributed by atoms with van der Waals surface area (Å²) in [6.07, 6.45) is 8.49. The van der Waals surface area contributed by atoms with Crippen molar-refractivity contribution in [2.24, 2.45) is 0 Å². The number of nitrogens with one attached hydrogen (secondary N) is 1.